The summed E-state index contributed by atoms with van der Waals surface area (Å²) in [7, 11) is 0. The Bertz CT molecular complexity index is 824. The molecule has 1 aliphatic heterocycles. The van der Waals surface area contributed by atoms with Crippen molar-refractivity contribution in [2.45, 2.75) is 26.7 Å². The standard InChI is InChI=1S/C18H22N4O4/c1-4-26-18(23)15-14(11-7-5-6-8-13(11)22(24)25)12(9-19)17(20)21-16(15)10(2)3/h5-10,14H,4,19H2,1-3H3,(H2,20,21)/b12-9-. The molecule has 138 valence electrons. The second kappa shape index (κ2) is 7.81. The molecule has 26 heavy (non-hydrogen) atoms. The molecule has 1 aliphatic rings. The third kappa shape index (κ3) is 3.44. The molecular formula is C18H22N4O4. The highest BCUT2D eigenvalue weighted by atomic mass is 16.6. The molecule has 1 heterocycles. The summed E-state index contributed by atoms with van der Waals surface area (Å²) in [6, 6.07) is 6.19. The van der Waals surface area contributed by atoms with Gasteiger partial charge in [-0.25, -0.2) is 9.79 Å². The molecule has 0 aliphatic carbocycles. The summed E-state index contributed by atoms with van der Waals surface area (Å²) >= 11 is 0. The lowest BCUT2D eigenvalue weighted by molar-refractivity contribution is -0.385. The lowest BCUT2D eigenvalue weighted by Crippen LogP contribution is -2.31. The van der Waals surface area contributed by atoms with Gasteiger partial charge in [0.25, 0.3) is 5.69 Å². The Morgan fingerprint density at radius 3 is 2.62 bits per heavy atom. The average molecular weight is 358 g/mol. The predicted octanol–water partition coefficient (Wildman–Crippen LogP) is 2.37. The molecule has 0 bridgehead atoms. The van der Waals surface area contributed by atoms with Crippen molar-refractivity contribution in [2.24, 2.45) is 22.4 Å². The molecule has 1 atom stereocenters. The Kier molecular flexibility index (Phi) is 5.76. The van der Waals surface area contributed by atoms with E-state index in [1.165, 1.54) is 12.3 Å². The zero-order valence-corrected chi connectivity index (χ0v) is 14.9. The number of amidine groups is 1. The van der Waals surface area contributed by atoms with Gasteiger partial charge in [-0.15, -0.1) is 0 Å². The molecule has 0 fully saturated rings. The van der Waals surface area contributed by atoms with Crippen LogP contribution in [-0.2, 0) is 9.53 Å². The number of carbonyl (C=O) groups excluding carboxylic acids is 1. The van der Waals surface area contributed by atoms with E-state index >= 15 is 0 Å². The van der Waals surface area contributed by atoms with Crippen molar-refractivity contribution in [1.29, 1.82) is 0 Å². The van der Waals surface area contributed by atoms with Gasteiger partial charge in [-0.3, -0.25) is 10.1 Å². The van der Waals surface area contributed by atoms with Crippen LogP contribution in [0, 0.1) is 16.0 Å². The first-order chi connectivity index (χ1) is 12.3. The number of allylic oxidation sites excluding steroid dienone is 1. The highest BCUT2D eigenvalue weighted by Crippen LogP contribution is 2.42. The van der Waals surface area contributed by atoms with Crippen LogP contribution < -0.4 is 11.5 Å². The topological polar surface area (TPSA) is 134 Å². The van der Waals surface area contributed by atoms with Crippen LogP contribution in [-0.4, -0.2) is 23.3 Å². The number of rotatable bonds is 5. The molecular weight excluding hydrogens is 336 g/mol. The number of aliphatic imine (C=N–C) groups is 1. The minimum Gasteiger partial charge on any atom is -0.463 e. The third-order valence-electron chi connectivity index (χ3n) is 4.08. The number of hydrogen-bond donors (Lipinski definition) is 2. The number of carbonyl (C=O) groups is 1. The minimum absolute atomic E-state index is 0.128. The maximum atomic E-state index is 12.7. The first-order valence-corrected chi connectivity index (χ1v) is 8.24. The lowest BCUT2D eigenvalue weighted by Gasteiger charge is -2.29. The lowest BCUT2D eigenvalue weighted by atomic mass is 9.79. The van der Waals surface area contributed by atoms with Gasteiger partial charge in [0, 0.05) is 23.4 Å². The molecule has 0 spiro atoms. The Hall–Kier alpha value is -3.16. The summed E-state index contributed by atoms with van der Waals surface area (Å²) in [5.74, 6) is -1.42. The molecule has 8 nitrogen and oxygen atoms in total. The fraction of sp³-hybridized carbons (Fsp3) is 0.333. The number of nitro benzene ring substituents is 1. The zero-order chi connectivity index (χ0) is 19.4. The quantitative estimate of drug-likeness (QED) is 0.471. The number of nitrogens with zero attached hydrogens (tertiary/aromatic N) is 2. The van der Waals surface area contributed by atoms with Gasteiger partial charge in [0.2, 0.25) is 0 Å². The Labute approximate surface area is 151 Å². The van der Waals surface area contributed by atoms with E-state index in [1.807, 2.05) is 13.8 Å². The zero-order valence-electron chi connectivity index (χ0n) is 14.9. The first kappa shape index (κ1) is 19.2. The van der Waals surface area contributed by atoms with E-state index in [0.29, 0.717) is 16.8 Å². The van der Waals surface area contributed by atoms with Crippen molar-refractivity contribution in [1.82, 2.24) is 0 Å². The van der Waals surface area contributed by atoms with Gasteiger partial charge in [-0.2, -0.15) is 0 Å². The molecule has 0 radical (unpaired) electrons. The molecule has 2 rings (SSSR count). The SMILES string of the molecule is CCOC(=O)C1=C(C(C)C)N=C(N)/C(=C\N)C1c1ccccc1[N+](=O)[O-]. The minimum atomic E-state index is -0.824. The van der Waals surface area contributed by atoms with E-state index in [9.17, 15) is 14.9 Å². The second-order valence-corrected chi connectivity index (χ2v) is 6.04. The predicted molar refractivity (Wildman–Crippen MR) is 98.2 cm³/mol. The first-order valence-electron chi connectivity index (χ1n) is 8.24. The molecule has 0 saturated carbocycles. The van der Waals surface area contributed by atoms with Crippen molar-refractivity contribution in [3.8, 4) is 0 Å². The van der Waals surface area contributed by atoms with Crippen molar-refractivity contribution in [2.75, 3.05) is 6.61 Å². The number of hydrogen-bond acceptors (Lipinski definition) is 7. The molecule has 8 heteroatoms. The van der Waals surface area contributed by atoms with Gasteiger partial charge in [0.05, 0.1) is 28.7 Å². The number of ether oxygens (including phenoxy) is 1. The van der Waals surface area contributed by atoms with Crippen LogP contribution in [0.15, 0.2) is 52.3 Å². The van der Waals surface area contributed by atoms with Gasteiger partial charge < -0.3 is 16.2 Å². The fourth-order valence-corrected chi connectivity index (χ4v) is 2.98. The van der Waals surface area contributed by atoms with E-state index in [4.69, 9.17) is 16.2 Å². The number of nitrogens with two attached hydrogens (primary N) is 2. The second-order valence-electron chi connectivity index (χ2n) is 6.04. The normalized spacial score (nSPS) is 18.8. The van der Waals surface area contributed by atoms with Crippen LogP contribution in [0.2, 0.25) is 0 Å². The maximum absolute atomic E-state index is 12.7. The molecule has 4 N–H and O–H groups in total. The van der Waals surface area contributed by atoms with E-state index in [-0.39, 0.29) is 29.6 Å². The van der Waals surface area contributed by atoms with Crippen molar-refractivity contribution in [3.63, 3.8) is 0 Å². The molecule has 0 saturated heterocycles. The van der Waals surface area contributed by atoms with Crippen LogP contribution in [0.4, 0.5) is 5.69 Å². The Balaban J connectivity index is 2.83. The highest BCUT2D eigenvalue weighted by Gasteiger charge is 2.39. The summed E-state index contributed by atoms with van der Waals surface area (Å²) in [4.78, 5) is 28.1. The van der Waals surface area contributed by atoms with Gasteiger partial charge >= 0.3 is 5.97 Å². The van der Waals surface area contributed by atoms with Gasteiger partial charge in [-0.1, -0.05) is 32.0 Å². The summed E-state index contributed by atoms with van der Waals surface area (Å²) in [6.45, 7) is 5.57. The van der Waals surface area contributed by atoms with E-state index in [2.05, 4.69) is 4.99 Å². The molecule has 0 aromatic heterocycles. The Morgan fingerprint density at radius 1 is 1.42 bits per heavy atom. The van der Waals surface area contributed by atoms with Crippen molar-refractivity contribution in [3.05, 3.63) is 63.0 Å². The highest BCUT2D eigenvalue weighted by molar-refractivity contribution is 6.06. The number of para-hydroxylation sites is 1. The fourth-order valence-electron chi connectivity index (χ4n) is 2.98. The largest absolute Gasteiger partial charge is 0.463 e. The van der Waals surface area contributed by atoms with E-state index < -0.39 is 16.8 Å². The van der Waals surface area contributed by atoms with Gasteiger partial charge in [-0.05, 0) is 12.8 Å². The number of benzene rings is 1. The maximum Gasteiger partial charge on any atom is 0.336 e. The van der Waals surface area contributed by atoms with Crippen LogP contribution in [0.1, 0.15) is 32.3 Å². The Morgan fingerprint density at radius 2 is 2.08 bits per heavy atom. The van der Waals surface area contributed by atoms with Gasteiger partial charge in [0.1, 0.15) is 5.84 Å². The monoisotopic (exact) mass is 358 g/mol. The van der Waals surface area contributed by atoms with Gasteiger partial charge in [0.15, 0.2) is 0 Å². The van der Waals surface area contributed by atoms with E-state index in [0.717, 1.165) is 0 Å². The number of nitro groups is 1. The van der Waals surface area contributed by atoms with Crippen molar-refractivity contribution >= 4 is 17.5 Å². The molecule has 1 aromatic carbocycles. The van der Waals surface area contributed by atoms with Crippen LogP contribution in [0.3, 0.4) is 0 Å². The molecule has 0 amide bonds. The van der Waals surface area contributed by atoms with Crippen molar-refractivity contribution < 1.29 is 14.5 Å². The smallest absolute Gasteiger partial charge is 0.336 e. The summed E-state index contributed by atoms with van der Waals surface area (Å²) in [6.07, 6.45) is 1.23. The van der Waals surface area contributed by atoms with Crippen LogP contribution in [0.25, 0.3) is 0 Å². The summed E-state index contributed by atoms with van der Waals surface area (Å²) in [5, 5.41) is 11.5. The van der Waals surface area contributed by atoms with Crippen LogP contribution in [0.5, 0.6) is 0 Å². The average Bonchev–Trinajstić information content (AvgIpc) is 2.60. The summed E-state index contributed by atoms with van der Waals surface area (Å²) < 4.78 is 5.20. The number of esters is 1. The molecule has 1 aromatic rings. The third-order valence-corrected chi connectivity index (χ3v) is 4.08. The molecule has 1 unspecified atom stereocenters. The van der Waals surface area contributed by atoms with E-state index in [1.54, 1.807) is 25.1 Å². The van der Waals surface area contributed by atoms with Crippen LogP contribution >= 0.6 is 0 Å². The summed E-state index contributed by atoms with van der Waals surface area (Å²) in [5.41, 5.74) is 13.0.